The summed E-state index contributed by atoms with van der Waals surface area (Å²) in [7, 11) is -4.39. The van der Waals surface area contributed by atoms with E-state index in [0.29, 0.717) is 4.31 Å². The number of rotatable bonds is 8. The normalized spacial score (nSPS) is 12.5. The second-order valence-electron chi connectivity index (χ2n) is 5.78. The van der Waals surface area contributed by atoms with Gasteiger partial charge in [-0.25, -0.2) is 13.2 Å². The number of para-hydroxylation sites is 1. The van der Waals surface area contributed by atoms with Crippen LogP contribution in [0.3, 0.4) is 0 Å². The standard InChI is InChI=1S/C17H16N2O8S/c1-11(16(20)21)18(10-13-4-2-3-5-15(13)19(24)25)28(26,27)14-8-6-12(7-9-14)17(22)23/h2-9,11H,10H2,1H3,(H,20,21)(H,22,23)/t11-/m0/s1. The summed E-state index contributed by atoms with van der Waals surface area (Å²) in [6, 6.07) is 8.11. The highest BCUT2D eigenvalue weighted by atomic mass is 32.2. The number of aliphatic carboxylic acids is 1. The number of benzene rings is 2. The zero-order chi connectivity index (χ0) is 21.1. The predicted molar refractivity (Wildman–Crippen MR) is 96.3 cm³/mol. The van der Waals surface area contributed by atoms with Crippen LogP contribution in [0.2, 0.25) is 0 Å². The Labute approximate surface area is 159 Å². The maximum atomic E-state index is 13.0. The van der Waals surface area contributed by atoms with E-state index in [0.717, 1.165) is 31.2 Å². The summed E-state index contributed by atoms with van der Waals surface area (Å²) in [5.41, 5.74) is -0.469. The van der Waals surface area contributed by atoms with Crippen molar-refractivity contribution in [2.24, 2.45) is 0 Å². The number of sulfonamides is 1. The minimum absolute atomic E-state index is 0.0198. The molecule has 0 heterocycles. The van der Waals surface area contributed by atoms with Crippen molar-refractivity contribution in [3.8, 4) is 0 Å². The molecule has 0 unspecified atom stereocenters. The summed E-state index contributed by atoms with van der Waals surface area (Å²) in [4.78, 5) is 32.6. The summed E-state index contributed by atoms with van der Waals surface area (Å²) >= 11 is 0. The first-order chi connectivity index (χ1) is 13.1. The molecule has 0 spiro atoms. The quantitative estimate of drug-likeness (QED) is 0.496. The first-order valence-corrected chi connectivity index (χ1v) is 9.30. The van der Waals surface area contributed by atoms with Gasteiger partial charge in [0, 0.05) is 18.2 Å². The number of aromatic carboxylic acids is 1. The smallest absolute Gasteiger partial charge is 0.335 e. The van der Waals surface area contributed by atoms with Crippen LogP contribution in [-0.4, -0.2) is 45.8 Å². The molecule has 2 N–H and O–H groups in total. The molecule has 2 aromatic carbocycles. The molecule has 28 heavy (non-hydrogen) atoms. The molecule has 0 fully saturated rings. The van der Waals surface area contributed by atoms with Gasteiger partial charge in [0.25, 0.3) is 5.69 Å². The number of carbonyl (C=O) groups is 2. The SMILES string of the molecule is C[C@@H](C(=O)O)N(Cc1ccccc1[N+](=O)[O-])S(=O)(=O)c1ccc(C(=O)O)cc1. The van der Waals surface area contributed by atoms with Gasteiger partial charge < -0.3 is 10.2 Å². The first-order valence-electron chi connectivity index (χ1n) is 7.86. The molecule has 2 rings (SSSR count). The van der Waals surface area contributed by atoms with Crippen LogP contribution in [0.5, 0.6) is 0 Å². The van der Waals surface area contributed by atoms with Crippen molar-refractivity contribution in [1.29, 1.82) is 0 Å². The van der Waals surface area contributed by atoms with Gasteiger partial charge in [-0.1, -0.05) is 18.2 Å². The summed E-state index contributed by atoms with van der Waals surface area (Å²) in [5.74, 6) is -2.69. The van der Waals surface area contributed by atoms with Gasteiger partial charge in [0.05, 0.1) is 15.4 Å². The van der Waals surface area contributed by atoms with E-state index in [2.05, 4.69) is 0 Å². The molecule has 11 heteroatoms. The van der Waals surface area contributed by atoms with Gasteiger partial charge >= 0.3 is 11.9 Å². The van der Waals surface area contributed by atoms with Crippen molar-refractivity contribution in [2.45, 2.75) is 24.4 Å². The molecular formula is C17H16N2O8S. The molecule has 10 nitrogen and oxygen atoms in total. The molecule has 0 saturated carbocycles. The Morgan fingerprint density at radius 3 is 2.18 bits per heavy atom. The van der Waals surface area contributed by atoms with Crippen LogP contribution in [0, 0.1) is 10.1 Å². The fourth-order valence-electron chi connectivity index (χ4n) is 2.45. The maximum Gasteiger partial charge on any atom is 0.335 e. The Morgan fingerprint density at radius 2 is 1.68 bits per heavy atom. The van der Waals surface area contributed by atoms with E-state index in [4.69, 9.17) is 5.11 Å². The second kappa shape index (κ2) is 8.15. The molecule has 148 valence electrons. The Bertz CT molecular complexity index is 1020. The lowest BCUT2D eigenvalue weighted by Crippen LogP contribution is -2.42. The molecule has 0 amide bonds. The van der Waals surface area contributed by atoms with Crippen LogP contribution < -0.4 is 0 Å². The van der Waals surface area contributed by atoms with E-state index in [1.807, 2.05) is 0 Å². The maximum absolute atomic E-state index is 13.0. The summed E-state index contributed by atoms with van der Waals surface area (Å²) < 4.78 is 26.6. The minimum Gasteiger partial charge on any atom is -0.480 e. The van der Waals surface area contributed by atoms with Crippen molar-refractivity contribution >= 4 is 27.6 Å². The number of nitro groups is 1. The zero-order valence-electron chi connectivity index (χ0n) is 14.5. The third-order valence-corrected chi connectivity index (χ3v) is 5.94. The minimum atomic E-state index is -4.39. The third kappa shape index (κ3) is 4.32. The van der Waals surface area contributed by atoms with Crippen molar-refractivity contribution in [3.63, 3.8) is 0 Å². The molecule has 2 aromatic rings. The Balaban J connectivity index is 2.52. The van der Waals surface area contributed by atoms with E-state index < -0.39 is 39.5 Å². The number of carboxylic acid groups (broad SMARTS) is 2. The average molecular weight is 408 g/mol. The van der Waals surface area contributed by atoms with E-state index in [-0.39, 0.29) is 21.7 Å². The molecule has 0 bridgehead atoms. The average Bonchev–Trinajstić information content (AvgIpc) is 2.65. The monoisotopic (exact) mass is 408 g/mol. The number of hydrogen-bond acceptors (Lipinski definition) is 6. The van der Waals surface area contributed by atoms with E-state index >= 15 is 0 Å². The number of hydrogen-bond donors (Lipinski definition) is 2. The van der Waals surface area contributed by atoms with Crippen molar-refractivity contribution in [2.75, 3.05) is 0 Å². The lowest BCUT2D eigenvalue weighted by molar-refractivity contribution is -0.385. The summed E-state index contributed by atoms with van der Waals surface area (Å²) in [6.07, 6.45) is 0. The van der Waals surface area contributed by atoms with Gasteiger partial charge in [-0.05, 0) is 31.2 Å². The highest BCUT2D eigenvalue weighted by Gasteiger charge is 2.34. The Morgan fingerprint density at radius 1 is 1.11 bits per heavy atom. The number of nitro benzene ring substituents is 1. The summed E-state index contributed by atoms with van der Waals surface area (Å²) in [6.45, 7) is 0.591. The molecule has 1 atom stereocenters. The van der Waals surface area contributed by atoms with Gasteiger partial charge in [-0.3, -0.25) is 14.9 Å². The van der Waals surface area contributed by atoms with E-state index in [1.165, 1.54) is 24.3 Å². The van der Waals surface area contributed by atoms with Gasteiger partial charge in [0.2, 0.25) is 10.0 Å². The molecule has 0 aliphatic carbocycles. The Kier molecular flexibility index (Phi) is 6.11. The van der Waals surface area contributed by atoms with Gasteiger partial charge in [0.15, 0.2) is 0 Å². The third-order valence-electron chi connectivity index (χ3n) is 4.01. The van der Waals surface area contributed by atoms with Crippen LogP contribution in [0.4, 0.5) is 5.69 Å². The van der Waals surface area contributed by atoms with Gasteiger partial charge in [-0.2, -0.15) is 4.31 Å². The largest absolute Gasteiger partial charge is 0.480 e. The van der Waals surface area contributed by atoms with Crippen molar-refractivity contribution in [1.82, 2.24) is 4.31 Å². The lowest BCUT2D eigenvalue weighted by Gasteiger charge is -2.25. The first kappa shape index (κ1) is 21.0. The van der Waals surface area contributed by atoms with Crippen LogP contribution in [0.1, 0.15) is 22.8 Å². The molecule has 0 saturated heterocycles. The molecule has 0 aliphatic rings. The molecule has 0 aromatic heterocycles. The fourth-order valence-corrected chi connectivity index (χ4v) is 4.01. The van der Waals surface area contributed by atoms with Crippen LogP contribution in [0.15, 0.2) is 53.4 Å². The zero-order valence-corrected chi connectivity index (χ0v) is 15.4. The van der Waals surface area contributed by atoms with Crippen molar-refractivity contribution in [3.05, 3.63) is 69.8 Å². The van der Waals surface area contributed by atoms with Gasteiger partial charge in [-0.15, -0.1) is 0 Å². The topological polar surface area (TPSA) is 155 Å². The highest BCUT2D eigenvalue weighted by molar-refractivity contribution is 7.89. The van der Waals surface area contributed by atoms with Crippen LogP contribution in [0.25, 0.3) is 0 Å². The van der Waals surface area contributed by atoms with Gasteiger partial charge in [0.1, 0.15) is 6.04 Å². The second-order valence-corrected chi connectivity index (χ2v) is 7.67. The van der Waals surface area contributed by atoms with E-state index in [1.54, 1.807) is 0 Å². The summed E-state index contributed by atoms with van der Waals surface area (Å²) in [5, 5.41) is 29.4. The number of carboxylic acids is 2. The van der Waals surface area contributed by atoms with E-state index in [9.17, 15) is 33.2 Å². The van der Waals surface area contributed by atoms with Crippen LogP contribution >= 0.6 is 0 Å². The Hall–Kier alpha value is -3.31. The predicted octanol–water partition coefficient (Wildman–Crippen LogP) is 1.96. The van der Waals surface area contributed by atoms with Crippen molar-refractivity contribution < 1.29 is 33.1 Å². The highest BCUT2D eigenvalue weighted by Crippen LogP contribution is 2.26. The molecular weight excluding hydrogens is 392 g/mol. The molecule has 0 radical (unpaired) electrons. The lowest BCUT2D eigenvalue weighted by atomic mass is 10.1. The fraction of sp³-hybridized carbons (Fsp3) is 0.176. The van der Waals surface area contributed by atoms with Crippen LogP contribution in [-0.2, 0) is 21.4 Å². The number of nitrogens with zero attached hydrogens (tertiary/aromatic N) is 2. The molecule has 0 aliphatic heterocycles.